The van der Waals surface area contributed by atoms with Crippen LogP contribution in [0, 0.1) is 0 Å². The van der Waals surface area contributed by atoms with E-state index < -0.39 is 11.9 Å². The first-order valence-corrected chi connectivity index (χ1v) is 5.22. The van der Waals surface area contributed by atoms with Crippen molar-refractivity contribution in [1.29, 1.82) is 0 Å². The molecule has 0 bridgehead atoms. The second kappa shape index (κ2) is 8.43. The van der Waals surface area contributed by atoms with Gasteiger partial charge in [0.15, 0.2) is 0 Å². The zero-order valence-corrected chi connectivity index (χ0v) is 9.99. The van der Waals surface area contributed by atoms with Gasteiger partial charge >= 0.3 is 11.9 Å². The maximum Gasteiger partial charge on any atom is 0.313 e. The number of carbonyl (C=O) groups excluding carboxylic acids is 4. The predicted molar refractivity (Wildman–Crippen MR) is 57.1 cm³/mol. The Labute approximate surface area is 99.3 Å². The summed E-state index contributed by atoms with van der Waals surface area (Å²) in [7, 11) is 0. The van der Waals surface area contributed by atoms with E-state index in [1.165, 1.54) is 13.8 Å². The number of Topliss-reactive ketones (excluding diaryl/α,β-unsaturated/α-hetero) is 2. The van der Waals surface area contributed by atoms with E-state index in [1.807, 2.05) is 0 Å². The zero-order valence-electron chi connectivity index (χ0n) is 9.99. The second-order valence-corrected chi connectivity index (χ2v) is 3.55. The van der Waals surface area contributed by atoms with Crippen LogP contribution in [-0.4, -0.2) is 36.7 Å². The summed E-state index contributed by atoms with van der Waals surface area (Å²) >= 11 is 0. The van der Waals surface area contributed by atoms with E-state index in [0.29, 0.717) is 6.42 Å². The van der Waals surface area contributed by atoms with Gasteiger partial charge < -0.3 is 9.47 Å². The first kappa shape index (κ1) is 15.3. The predicted octanol–water partition coefficient (Wildman–Crippen LogP) is 0.421. The summed E-state index contributed by atoms with van der Waals surface area (Å²) in [6.45, 7) is 2.76. The Morgan fingerprint density at radius 3 is 1.41 bits per heavy atom. The summed E-state index contributed by atoms with van der Waals surface area (Å²) < 4.78 is 9.40. The third-order valence-electron chi connectivity index (χ3n) is 1.60. The van der Waals surface area contributed by atoms with Crippen LogP contribution in [0.2, 0.25) is 0 Å². The Hall–Kier alpha value is -1.72. The molecule has 17 heavy (non-hydrogen) atoms. The lowest BCUT2D eigenvalue weighted by Crippen LogP contribution is -2.13. The topological polar surface area (TPSA) is 86.7 Å². The van der Waals surface area contributed by atoms with E-state index >= 15 is 0 Å². The van der Waals surface area contributed by atoms with Crippen LogP contribution in [0.4, 0.5) is 0 Å². The number of esters is 2. The second-order valence-electron chi connectivity index (χ2n) is 3.55. The number of ether oxygens (including phenoxy) is 2. The summed E-state index contributed by atoms with van der Waals surface area (Å²) in [5, 5.41) is 0. The molecule has 0 aliphatic rings. The Morgan fingerprint density at radius 1 is 0.765 bits per heavy atom. The standard InChI is InChI=1S/C11H16O6/c1-8(12)6-10(14)16-4-3-5-17-11(15)7-9(2)13/h3-7H2,1-2H3. The fraction of sp³-hybridized carbons (Fsp3) is 0.636. The zero-order chi connectivity index (χ0) is 13.3. The van der Waals surface area contributed by atoms with E-state index in [9.17, 15) is 19.2 Å². The number of ketones is 2. The highest BCUT2D eigenvalue weighted by molar-refractivity contribution is 5.94. The van der Waals surface area contributed by atoms with Crippen LogP contribution in [0.3, 0.4) is 0 Å². The van der Waals surface area contributed by atoms with Crippen molar-refractivity contribution in [3.05, 3.63) is 0 Å². The van der Waals surface area contributed by atoms with Crippen molar-refractivity contribution < 1.29 is 28.7 Å². The number of hydrogen-bond acceptors (Lipinski definition) is 6. The molecule has 0 amide bonds. The number of carbonyl (C=O) groups is 4. The molecule has 0 aromatic rings. The van der Waals surface area contributed by atoms with E-state index in [2.05, 4.69) is 0 Å². The van der Waals surface area contributed by atoms with Gasteiger partial charge in [-0.15, -0.1) is 0 Å². The molecule has 0 saturated heterocycles. The lowest BCUT2D eigenvalue weighted by atomic mass is 10.3. The maximum atomic E-state index is 10.9. The minimum absolute atomic E-state index is 0.0828. The van der Waals surface area contributed by atoms with Crippen LogP contribution in [0.5, 0.6) is 0 Å². The van der Waals surface area contributed by atoms with Crippen molar-refractivity contribution in [2.24, 2.45) is 0 Å². The van der Waals surface area contributed by atoms with Crippen LogP contribution >= 0.6 is 0 Å². The number of hydrogen-bond donors (Lipinski definition) is 0. The summed E-state index contributed by atoms with van der Waals surface area (Å²) in [6.07, 6.45) is -0.151. The van der Waals surface area contributed by atoms with Crippen molar-refractivity contribution in [1.82, 2.24) is 0 Å². The SMILES string of the molecule is CC(=O)CC(=O)OCCCOC(=O)CC(C)=O. The fourth-order valence-electron chi connectivity index (χ4n) is 0.940. The van der Waals surface area contributed by atoms with Gasteiger partial charge in [0.1, 0.15) is 24.4 Å². The van der Waals surface area contributed by atoms with Crippen molar-refractivity contribution in [2.75, 3.05) is 13.2 Å². The van der Waals surface area contributed by atoms with Gasteiger partial charge in [-0.3, -0.25) is 19.2 Å². The molecule has 0 fully saturated rings. The lowest BCUT2D eigenvalue weighted by molar-refractivity contribution is -0.147. The van der Waals surface area contributed by atoms with Gasteiger partial charge in [0.25, 0.3) is 0 Å². The van der Waals surface area contributed by atoms with Crippen LogP contribution in [-0.2, 0) is 28.7 Å². The Kier molecular flexibility index (Phi) is 7.58. The van der Waals surface area contributed by atoms with Crippen molar-refractivity contribution in [3.8, 4) is 0 Å². The van der Waals surface area contributed by atoms with Gasteiger partial charge in [0.2, 0.25) is 0 Å². The monoisotopic (exact) mass is 244 g/mol. The van der Waals surface area contributed by atoms with E-state index in [4.69, 9.17) is 9.47 Å². The molecule has 0 N–H and O–H groups in total. The molecule has 0 aromatic heterocycles. The third kappa shape index (κ3) is 10.6. The summed E-state index contributed by atoms with van der Waals surface area (Å²) in [5.41, 5.74) is 0. The van der Waals surface area contributed by atoms with E-state index in [-0.39, 0.29) is 37.6 Å². The van der Waals surface area contributed by atoms with Crippen LogP contribution in [0.25, 0.3) is 0 Å². The molecule has 0 saturated carbocycles. The molecular formula is C11H16O6. The lowest BCUT2D eigenvalue weighted by Gasteiger charge is -2.04. The van der Waals surface area contributed by atoms with Gasteiger partial charge in [0.05, 0.1) is 13.2 Å². The average molecular weight is 244 g/mol. The first-order valence-electron chi connectivity index (χ1n) is 5.22. The fourth-order valence-corrected chi connectivity index (χ4v) is 0.940. The molecule has 0 aliphatic carbocycles. The molecule has 0 unspecified atom stereocenters. The highest BCUT2D eigenvalue weighted by atomic mass is 16.5. The quantitative estimate of drug-likeness (QED) is 0.349. The van der Waals surface area contributed by atoms with Crippen LogP contribution in [0.1, 0.15) is 33.1 Å². The van der Waals surface area contributed by atoms with E-state index in [1.54, 1.807) is 0 Å². The largest absolute Gasteiger partial charge is 0.465 e. The molecule has 6 nitrogen and oxygen atoms in total. The van der Waals surface area contributed by atoms with Gasteiger partial charge in [-0.1, -0.05) is 0 Å². The molecule has 0 aliphatic heterocycles. The first-order chi connectivity index (χ1) is 7.91. The molecule has 0 atom stereocenters. The van der Waals surface area contributed by atoms with Gasteiger partial charge in [-0.2, -0.15) is 0 Å². The maximum absolute atomic E-state index is 10.9. The van der Waals surface area contributed by atoms with Gasteiger partial charge in [-0.25, -0.2) is 0 Å². The molecule has 0 heterocycles. The summed E-state index contributed by atoms with van der Waals surface area (Å²) in [4.78, 5) is 42.9. The third-order valence-corrected chi connectivity index (χ3v) is 1.60. The smallest absolute Gasteiger partial charge is 0.313 e. The van der Waals surface area contributed by atoms with Crippen molar-refractivity contribution >= 4 is 23.5 Å². The Bertz CT molecular complexity index is 277. The average Bonchev–Trinajstić information content (AvgIpc) is 2.14. The summed E-state index contributed by atoms with van der Waals surface area (Å²) in [5.74, 6) is -1.70. The molecule has 0 rings (SSSR count). The highest BCUT2D eigenvalue weighted by Gasteiger charge is 2.07. The normalized spacial score (nSPS) is 9.53. The highest BCUT2D eigenvalue weighted by Crippen LogP contribution is 1.93. The number of rotatable bonds is 8. The Morgan fingerprint density at radius 2 is 1.12 bits per heavy atom. The van der Waals surface area contributed by atoms with Crippen molar-refractivity contribution in [2.45, 2.75) is 33.1 Å². The molecule has 0 spiro atoms. The van der Waals surface area contributed by atoms with Crippen molar-refractivity contribution in [3.63, 3.8) is 0 Å². The van der Waals surface area contributed by atoms with Gasteiger partial charge in [0, 0.05) is 6.42 Å². The minimum atomic E-state index is -0.590. The molecular weight excluding hydrogens is 228 g/mol. The van der Waals surface area contributed by atoms with Crippen LogP contribution in [0.15, 0.2) is 0 Å². The van der Waals surface area contributed by atoms with E-state index in [0.717, 1.165) is 0 Å². The molecule has 0 aromatic carbocycles. The molecule has 96 valence electrons. The molecule has 6 heteroatoms. The Balaban J connectivity index is 3.46. The molecule has 0 radical (unpaired) electrons. The van der Waals surface area contributed by atoms with Gasteiger partial charge in [-0.05, 0) is 13.8 Å². The minimum Gasteiger partial charge on any atom is -0.465 e. The van der Waals surface area contributed by atoms with Crippen LogP contribution < -0.4 is 0 Å². The summed E-state index contributed by atoms with van der Waals surface area (Å²) in [6, 6.07) is 0.